The fourth-order valence-electron chi connectivity index (χ4n) is 3.67. The molecule has 0 atom stereocenters. The molecule has 0 aromatic heterocycles. The third-order valence-electron chi connectivity index (χ3n) is 5.70. The first-order valence-corrected chi connectivity index (χ1v) is 12.2. The molecule has 0 bridgehead atoms. The molecule has 1 amide bonds. The Labute approximate surface area is 204 Å². The maximum Gasteiger partial charge on any atom is 0.283 e. The van der Waals surface area contributed by atoms with Gasteiger partial charge < -0.3 is 9.47 Å². The van der Waals surface area contributed by atoms with Crippen molar-refractivity contribution in [3.05, 3.63) is 65.2 Å². The Morgan fingerprint density at radius 2 is 1.76 bits per heavy atom. The standard InChI is InChI=1S/C26H28N4O3S/c1-4-19(5-2)25-29-30-23(27)21(24(31)28-26(30)34-25)16-18-10-12-20(13-11-18)32-14-15-33-22-9-7-6-8-17(22)3/h6-13,16,19,27H,4-5,14-15H2,1-3H3. The second-order valence-electron chi connectivity index (χ2n) is 8.00. The lowest BCUT2D eigenvalue weighted by Crippen LogP contribution is -2.35. The Bertz CT molecular complexity index is 1170. The molecule has 1 N–H and O–H groups in total. The highest BCUT2D eigenvalue weighted by atomic mass is 32.2. The lowest BCUT2D eigenvalue weighted by atomic mass is 10.1. The number of thioether (sulfide) groups is 1. The van der Waals surface area contributed by atoms with Crippen molar-refractivity contribution in [1.29, 1.82) is 5.41 Å². The highest BCUT2D eigenvalue weighted by Gasteiger charge is 2.37. The number of rotatable bonds is 9. The molecule has 0 fully saturated rings. The van der Waals surface area contributed by atoms with E-state index in [1.165, 1.54) is 16.8 Å². The molecule has 0 unspecified atom stereocenters. The number of carbonyl (C=O) groups is 1. The first-order chi connectivity index (χ1) is 16.5. The molecule has 2 aromatic rings. The second kappa shape index (κ2) is 10.7. The topological polar surface area (TPSA) is 87.3 Å². The molecule has 2 aromatic carbocycles. The molecular formula is C26H28N4O3S. The maximum absolute atomic E-state index is 12.6. The van der Waals surface area contributed by atoms with E-state index in [9.17, 15) is 4.79 Å². The first kappa shape index (κ1) is 23.8. The van der Waals surface area contributed by atoms with Crippen LogP contribution in [0.3, 0.4) is 0 Å². The van der Waals surface area contributed by atoms with E-state index in [0.29, 0.717) is 30.0 Å². The molecule has 0 saturated heterocycles. The number of carbonyl (C=O) groups excluding carboxylic acids is 1. The third kappa shape index (κ3) is 5.22. The van der Waals surface area contributed by atoms with Crippen molar-refractivity contribution in [2.45, 2.75) is 33.6 Å². The van der Waals surface area contributed by atoms with Gasteiger partial charge in [-0.1, -0.05) is 44.2 Å². The minimum atomic E-state index is -0.418. The maximum atomic E-state index is 12.6. The number of fused-ring (bicyclic) bond motifs is 1. The van der Waals surface area contributed by atoms with Crippen molar-refractivity contribution >= 4 is 39.8 Å². The Hall–Kier alpha value is -3.39. The Balaban J connectivity index is 1.38. The largest absolute Gasteiger partial charge is 0.490 e. The number of amidine groups is 2. The van der Waals surface area contributed by atoms with Gasteiger partial charge in [0.25, 0.3) is 5.91 Å². The number of nitrogens with zero attached hydrogens (tertiary/aromatic N) is 3. The minimum absolute atomic E-state index is 0.0529. The van der Waals surface area contributed by atoms with Crippen LogP contribution < -0.4 is 9.47 Å². The Kier molecular flexibility index (Phi) is 7.47. The van der Waals surface area contributed by atoms with Crippen molar-refractivity contribution in [3.63, 3.8) is 0 Å². The van der Waals surface area contributed by atoms with Crippen LogP contribution in [0, 0.1) is 18.3 Å². The lowest BCUT2D eigenvalue weighted by Gasteiger charge is -2.20. The van der Waals surface area contributed by atoms with E-state index in [1.807, 2.05) is 55.5 Å². The summed E-state index contributed by atoms with van der Waals surface area (Å²) >= 11 is 1.39. The molecule has 8 heteroatoms. The zero-order valence-corrected chi connectivity index (χ0v) is 20.4. The van der Waals surface area contributed by atoms with E-state index < -0.39 is 5.91 Å². The normalized spacial score (nSPS) is 16.6. The zero-order valence-electron chi connectivity index (χ0n) is 19.6. The highest BCUT2D eigenvalue weighted by molar-refractivity contribution is 8.27. The third-order valence-corrected chi connectivity index (χ3v) is 6.77. The summed E-state index contributed by atoms with van der Waals surface area (Å²) < 4.78 is 11.5. The van der Waals surface area contributed by atoms with Crippen LogP contribution in [0.15, 0.2) is 64.2 Å². The van der Waals surface area contributed by atoms with Gasteiger partial charge in [0.1, 0.15) is 29.8 Å². The summed E-state index contributed by atoms with van der Waals surface area (Å²) in [6, 6.07) is 15.2. The molecule has 2 aliphatic rings. The average molecular weight is 477 g/mol. The fourth-order valence-corrected chi connectivity index (χ4v) is 4.82. The highest BCUT2D eigenvalue weighted by Crippen LogP contribution is 2.33. The zero-order chi connectivity index (χ0) is 24.1. The van der Waals surface area contributed by atoms with Gasteiger partial charge in [0.05, 0.1) is 5.57 Å². The van der Waals surface area contributed by atoms with Crippen LogP contribution in [-0.2, 0) is 4.79 Å². The van der Waals surface area contributed by atoms with Crippen LogP contribution in [0.4, 0.5) is 0 Å². The predicted octanol–water partition coefficient (Wildman–Crippen LogP) is 5.51. The second-order valence-corrected chi connectivity index (χ2v) is 8.99. The van der Waals surface area contributed by atoms with E-state index in [2.05, 4.69) is 23.9 Å². The van der Waals surface area contributed by atoms with Gasteiger partial charge in [0.15, 0.2) is 5.84 Å². The summed E-state index contributed by atoms with van der Waals surface area (Å²) in [7, 11) is 0. The van der Waals surface area contributed by atoms with Gasteiger partial charge in [-0.2, -0.15) is 15.1 Å². The number of para-hydroxylation sites is 1. The van der Waals surface area contributed by atoms with Gasteiger partial charge in [-0.15, -0.1) is 0 Å². The van der Waals surface area contributed by atoms with E-state index >= 15 is 0 Å². The van der Waals surface area contributed by atoms with Crippen LogP contribution >= 0.6 is 11.8 Å². The van der Waals surface area contributed by atoms with Gasteiger partial charge in [0.2, 0.25) is 5.17 Å². The van der Waals surface area contributed by atoms with Crippen LogP contribution in [0.1, 0.15) is 37.8 Å². The van der Waals surface area contributed by atoms with Crippen molar-refractivity contribution in [2.24, 2.45) is 16.0 Å². The SMILES string of the molecule is CCC(CC)C1=NN2C(=N)C(=Cc3ccc(OCCOc4ccccc4C)cc3)C(=O)N=C2S1. The number of amides is 1. The van der Waals surface area contributed by atoms with Crippen molar-refractivity contribution in [3.8, 4) is 11.5 Å². The number of hydrogen-bond donors (Lipinski definition) is 1. The molecule has 4 rings (SSSR count). The van der Waals surface area contributed by atoms with Crippen LogP contribution in [-0.4, -0.2) is 40.2 Å². The van der Waals surface area contributed by atoms with E-state index in [1.54, 1.807) is 6.08 Å². The number of benzene rings is 2. The van der Waals surface area contributed by atoms with E-state index in [4.69, 9.17) is 14.9 Å². The monoisotopic (exact) mass is 476 g/mol. The van der Waals surface area contributed by atoms with E-state index in [-0.39, 0.29) is 11.4 Å². The Morgan fingerprint density at radius 3 is 2.47 bits per heavy atom. The van der Waals surface area contributed by atoms with Gasteiger partial charge in [-0.05, 0) is 66.9 Å². The summed E-state index contributed by atoms with van der Waals surface area (Å²) in [5, 5.41) is 16.0. The number of hydrogen-bond acceptors (Lipinski definition) is 6. The number of aliphatic imine (C=N–C) groups is 1. The van der Waals surface area contributed by atoms with Gasteiger partial charge in [0, 0.05) is 5.92 Å². The quantitative estimate of drug-likeness (QED) is 0.381. The molecule has 7 nitrogen and oxygen atoms in total. The number of nitrogens with one attached hydrogen (secondary N) is 1. The smallest absolute Gasteiger partial charge is 0.283 e. The summed E-state index contributed by atoms with van der Waals surface area (Å²) in [6.07, 6.45) is 3.59. The van der Waals surface area contributed by atoms with Gasteiger partial charge >= 0.3 is 0 Å². The molecule has 2 heterocycles. The molecule has 0 radical (unpaired) electrons. The average Bonchev–Trinajstić information content (AvgIpc) is 3.26. The summed E-state index contributed by atoms with van der Waals surface area (Å²) in [5.74, 6) is 1.50. The summed E-state index contributed by atoms with van der Waals surface area (Å²) in [5.41, 5.74) is 2.09. The molecule has 0 aliphatic carbocycles. The molecule has 0 spiro atoms. The van der Waals surface area contributed by atoms with Gasteiger partial charge in [-0.25, -0.2) is 0 Å². The summed E-state index contributed by atoms with van der Waals surface area (Å²) in [4.78, 5) is 16.8. The Morgan fingerprint density at radius 1 is 1.06 bits per heavy atom. The van der Waals surface area contributed by atoms with Crippen molar-refractivity contribution in [1.82, 2.24) is 5.01 Å². The molecule has 0 saturated carbocycles. The summed E-state index contributed by atoms with van der Waals surface area (Å²) in [6.45, 7) is 7.09. The first-order valence-electron chi connectivity index (χ1n) is 11.4. The molecule has 34 heavy (non-hydrogen) atoms. The van der Waals surface area contributed by atoms with Gasteiger partial charge in [-0.3, -0.25) is 10.2 Å². The van der Waals surface area contributed by atoms with E-state index in [0.717, 1.165) is 34.8 Å². The number of hydrazone groups is 1. The molecule has 2 aliphatic heterocycles. The predicted molar refractivity (Wildman–Crippen MR) is 138 cm³/mol. The lowest BCUT2D eigenvalue weighted by molar-refractivity contribution is -0.114. The van der Waals surface area contributed by atoms with Crippen LogP contribution in [0.2, 0.25) is 0 Å². The van der Waals surface area contributed by atoms with Crippen LogP contribution in [0.25, 0.3) is 6.08 Å². The van der Waals surface area contributed by atoms with Crippen molar-refractivity contribution < 1.29 is 14.3 Å². The fraction of sp³-hybridized carbons (Fsp3) is 0.308. The number of ether oxygens (including phenoxy) is 2. The molecular weight excluding hydrogens is 448 g/mol. The van der Waals surface area contributed by atoms with Crippen LogP contribution in [0.5, 0.6) is 11.5 Å². The molecule has 176 valence electrons. The van der Waals surface area contributed by atoms with Crippen molar-refractivity contribution in [2.75, 3.05) is 13.2 Å². The minimum Gasteiger partial charge on any atom is -0.490 e. The number of aryl methyl sites for hydroxylation is 1.